The van der Waals surface area contributed by atoms with Gasteiger partial charge in [-0.2, -0.15) is 0 Å². The minimum Gasteiger partial charge on any atom is -0.461 e. The number of rotatable bonds is 13. The molecule has 4 heterocycles. The van der Waals surface area contributed by atoms with E-state index in [1.165, 1.54) is 95.7 Å². The highest BCUT2D eigenvalue weighted by Gasteiger charge is 2.29. The van der Waals surface area contributed by atoms with Crippen molar-refractivity contribution in [1.82, 2.24) is 34.0 Å². The molecule has 314 valence electrons. The number of aromatic nitrogens is 6. The number of pyridine rings is 2. The minimum atomic E-state index is -4.47. The van der Waals surface area contributed by atoms with Gasteiger partial charge in [-0.1, -0.05) is 24.6 Å². The van der Waals surface area contributed by atoms with Crippen LogP contribution < -0.4 is 27.0 Å². The maximum absolute atomic E-state index is 15.6. The Morgan fingerprint density at radius 1 is 0.951 bits per heavy atom. The summed E-state index contributed by atoms with van der Waals surface area (Å²) in [4.78, 5) is 77.3. The number of sulfonamides is 1. The molecule has 19 heteroatoms. The first-order chi connectivity index (χ1) is 29.2. The highest BCUT2D eigenvalue weighted by molar-refractivity contribution is 7.92. The third-order valence-electron chi connectivity index (χ3n) is 10.2. The van der Waals surface area contributed by atoms with Crippen molar-refractivity contribution in [3.8, 4) is 16.8 Å². The summed E-state index contributed by atoms with van der Waals surface area (Å²) < 4.78 is 68.8. The molecule has 0 saturated heterocycles. The third-order valence-corrected chi connectivity index (χ3v) is 11.6. The molecule has 0 spiro atoms. The number of esters is 1. The van der Waals surface area contributed by atoms with Gasteiger partial charge in [0.25, 0.3) is 21.5 Å². The molecule has 0 aliphatic heterocycles. The SMILES string of the molecule is C=CCn1cc(-c2ccc(S(=O)(=O)Nc3cc(F)c(C(=O)N[C@@H](Cc4ccc(-n5c(=O)c6ccncc6n(C)c5=O)cn4)C(=O)OC4CCCCC4)cc3F)cc2)cnc1=O. The van der Waals surface area contributed by atoms with Gasteiger partial charge in [0.2, 0.25) is 0 Å². The number of halogens is 2. The van der Waals surface area contributed by atoms with Crippen molar-refractivity contribution in [1.29, 1.82) is 0 Å². The largest absolute Gasteiger partial charge is 0.461 e. The van der Waals surface area contributed by atoms with E-state index in [2.05, 4.69) is 26.8 Å². The summed E-state index contributed by atoms with van der Waals surface area (Å²) >= 11 is 0. The highest BCUT2D eigenvalue weighted by atomic mass is 32.2. The number of nitrogens with zero attached hydrogens (tertiary/aromatic N) is 6. The average Bonchev–Trinajstić information content (AvgIpc) is 3.25. The Bertz CT molecular complexity index is 2960. The van der Waals surface area contributed by atoms with E-state index in [1.54, 1.807) is 0 Å². The lowest BCUT2D eigenvalue weighted by atomic mass is 9.97. The predicted molar refractivity (Wildman–Crippen MR) is 220 cm³/mol. The summed E-state index contributed by atoms with van der Waals surface area (Å²) in [5.41, 5.74) is -1.62. The number of hydrogen-bond donors (Lipinski definition) is 2. The molecule has 0 bridgehead atoms. The first kappa shape index (κ1) is 42.0. The van der Waals surface area contributed by atoms with Gasteiger partial charge in [0.05, 0.1) is 45.1 Å². The van der Waals surface area contributed by atoms with Crippen LogP contribution in [0.5, 0.6) is 0 Å². The van der Waals surface area contributed by atoms with Gasteiger partial charge in [-0.05, 0) is 67.6 Å². The number of benzene rings is 2. The Labute approximate surface area is 346 Å². The molecule has 6 aromatic rings. The number of hydrogen-bond acceptors (Lipinski definition) is 11. The zero-order valence-corrected chi connectivity index (χ0v) is 33.4. The van der Waals surface area contributed by atoms with Crippen molar-refractivity contribution in [3.63, 3.8) is 0 Å². The average molecular weight is 853 g/mol. The monoisotopic (exact) mass is 852 g/mol. The smallest absolute Gasteiger partial charge is 0.347 e. The number of nitrogens with one attached hydrogen (secondary N) is 2. The Morgan fingerprint density at radius 2 is 1.70 bits per heavy atom. The number of fused-ring (bicyclic) bond motifs is 1. The molecule has 16 nitrogen and oxygen atoms in total. The van der Waals surface area contributed by atoms with Crippen LogP contribution in [0.4, 0.5) is 14.5 Å². The van der Waals surface area contributed by atoms with Crippen LogP contribution in [0.25, 0.3) is 27.7 Å². The molecule has 61 heavy (non-hydrogen) atoms. The number of ether oxygens (including phenoxy) is 1. The van der Waals surface area contributed by atoms with Gasteiger partial charge in [0, 0.05) is 55.9 Å². The zero-order chi connectivity index (χ0) is 43.4. The van der Waals surface area contributed by atoms with Gasteiger partial charge in [-0.15, -0.1) is 6.58 Å². The lowest BCUT2D eigenvalue weighted by Crippen LogP contribution is -2.45. The second-order valence-corrected chi connectivity index (χ2v) is 16.0. The second-order valence-electron chi connectivity index (χ2n) is 14.3. The second kappa shape index (κ2) is 17.6. The fraction of sp³-hybridized carbons (Fsp3) is 0.238. The van der Waals surface area contributed by atoms with E-state index in [4.69, 9.17) is 4.74 Å². The lowest BCUT2D eigenvalue weighted by Gasteiger charge is -2.25. The summed E-state index contributed by atoms with van der Waals surface area (Å²) in [7, 11) is -2.98. The maximum atomic E-state index is 15.6. The molecule has 2 N–H and O–H groups in total. The number of aryl methyl sites for hydroxylation is 1. The van der Waals surface area contributed by atoms with Crippen molar-refractivity contribution in [2.45, 2.75) is 62.1 Å². The van der Waals surface area contributed by atoms with E-state index >= 15 is 8.78 Å². The van der Waals surface area contributed by atoms with Crippen LogP contribution in [0.1, 0.15) is 48.2 Å². The number of amides is 1. The molecule has 1 saturated carbocycles. The minimum absolute atomic E-state index is 0.130. The molecule has 0 radical (unpaired) electrons. The van der Waals surface area contributed by atoms with Crippen LogP contribution in [0, 0.1) is 11.6 Å². The third kappa shape index (κ3) is 9.05. The number of carbonyl (C=O) groups excluding carboxylic acids is 2. The molecule has 1 aliphatic carbocycles. The van der Waals surface area contributed by atoms with E-state index in [9.17, 15) is 32.4 Å². The van der Waals surface area contributed by atoms with Crippen molar-refractivity contribution in [2.24, 2.45) is 7.05 Å². The summed E-state index contributed by atoms with van der Waals surface area (Å²) in [6.07, 6.45) is 11.6. The van der Waals surface area contributed by atoms with Crippen LogP contribution in [0.2, 0.25) is 0 Å². The summed E-state index contributed by atoms with van der Waals surface area (Å²) in [5.74, 6) is -4.62. The summed E-state index contributed by atoms with van der Waals surface area (Å²) in [6.45, 7) is 3.81. The number of anilines is 1. The fourth-order valence-electron chi connectivity index (χ4n) is 6.96. The Morgan fingerprint density at radius 3 is 2.41 bits per heavy atom. The van der Waals surface area contributed by atoms with Crippen LogP contribution >= 0.6 is 0 Å². The van der Waals surface area contributed by atoms with E-state index in [0.29, 0.717) is 41.6 Å². The van der Waals surface area contributed by atoms with Gasteiger partial charge in [-0.3, -0.25) is 33.4 Å². The molecule has 2 aromatic carbocycles. The maximum Gasteiger partial charge on any atom is 0.347 e. The first-order valence-corrected chi connectivity index (χ1v) is 20.5. The van der Waals surface area contributed by atoms with Gasteiger partial charge in [-0.25, -0.2) is 41.1 Å². The van der Waals surface area contributed by atoms with Crippen molar-refractivity contribution >= 4 is 38.5 Å². The molecule has 1 aliphatic rings. The van der Waals surface area contributed by atoms with Gasteiger partial charge in [0.1, 0.15) is 23.8 Å². The molecule has 7 rings (SSSR count). The Balaban J connectivity index is 1.10. The zero-order valence-electron chi connectivity index (χ0n) is 32.6. The van der Waals surface area contributed by atoms with Crippen molar-refractivity contribution < 1.29 is 31.5 Å². The van der Waals surface area contributed by atoms with Gasteiger partial charge in [0.15, 0.2) is 0 Å². The topological polar surface area (TPSA) is 206 Å². The van der Waals surface area contributed by atoms with Crippen LogP contribution in [-0.4, -0.2) is 61.1 Å². The molecule has 0 unspecified atom stereocenters. The molecule has 1 fully saturated rings. The Hall–Kier alpha value is -7.15. The first-order valence-electron chi connectivity index (χ1n) is 19.1. The van der Waals surface area contributed by atoms with E-state index in [-0.39, 0.29) is 34.6 Å². The van der Waals surface area contributed by atoms with Crippen molar-refractivity contribution in [3.05, 3.63) is 152 Å². The number of allylic oxidation sites excluding steroid dienone is 1. The normalized spacial score (nSPS) is 13.7. The lowest BCUT2D eigenvalue weighted by molar-refractivity contribution is -0.152. The van der Waals surface area contributed by atoms with Crippen molar-refractivity contribution in [2.75, 3.05) is 4.72 Å². The van der Waals surface area contributed by atoms with E-state index < -0.39 is 73.9 Å². The number of carbonyl (C=O) groups is 2. The fourth-order valence-corrected chi connectivity index (χ4v) is 8.02. The quantitative estimate of drug-likeness (QED) is 0.125. The van der Waals surface area contributed by atoms with Crippen LogP contribution in [-0.2, 0) is 39.6 Å². The van der Waals surface area contributed by atoms with E-state index in [0.717, 1.165) is 23.8 Å². The predicted octanol–water partition coefficient (Wildman–Crippen LogP) is 4.19. The van der Waals surface area contributed by atoms with Gasteiger partial charge < -0.3 is 10.1 Å². The molecule has 1 amide bonds. The molecule has 1 atom stereocenters. The Kier molecular flexibility index (Phi) is 12.1. The van der Waals surface area contributed by atoms with E-state index in [1.807, 2.05) is 4.72 Å². The molecular weight excluding hydrogens is 815 g/mol. The highest BCUT2D eigenvalue weighted by Crippen LogP contribution is 2.26. The summed E-state index contributed by atoms with van der Waals surface area (Å²) in [5, 5.41) is 2.66. The van der Waals surface area contributed by atoms with Crippen LogP contribution in [0.3, 0.4) is 0 Å². The van der Waals surface area contributed by atoms with Crippen LogP contribution in [0.15, 0.2) is 118 Å². The molecule has 4 aromatic heterocycles. The standard InChI is InChI=1S/C42H38F2N8O8S/c1-3-17-51-24-26(21-47-41(51)56)25-9-13-30(14-10-25)61(58,59)49-35-20-33(43)32(19-34(35)44)38(53)48-36(40(55)60-29-7-5-4-6-8-29)18-27-11-12-28(22-46-27)52-39(54)31-15-16-45-23-37(31)50(2)42(52)57/h3,9-16,19-24,29,36,49H,1,4-8,17-18H2,2H3,(H,48,53)/t36-/m0/s1. The summed E-state index contributed by atoms with van der Waals surface area (Å²) in [6, 6.07) is 9.30. The van der Waals surface area contributed by atoms with Gasteiger partial charge >= 0.3 is 17.3 Å². The molecular formula is C42H38F2N8O8S.